The Balaban J connectivity index is 1.37. The minimum atomic E-state index is -2.66. The molecule has 1 saturated heterocycles. The lowest BCUT2D eigenvalue weighted by Gasteiger charge is -2.29. The molecule has 2 fully saturated rings. The first-order valence-corrected chi connectivity index (χ1v) is 11.0. The number of halogens is 3. The van der Waals surface area contributed by atoms with Gasteiger partial charge in [-0.05, 0) is 25.0 Å². The molecule has 1 aliphatic heterocycles. The van der Waals surface area contributed by atoms with Gasteiger partial charge < -0.3 is 20.9 Å². The zero-order chi connectivity index (χ0) is 23.9. The minimum absolute atomic E-state index is 0.0862. The number of amides is 1. The monoisotopic (exact) mass is 473 g/mol. The van der Waals surface area contributed by atoms with Crippen molar-refractivity contribution in [2.24, 2.45) is 0 Å². The summed E-state index contributed by atoms with van der Waals surface area (Å²) in [5.41, 5.74) is 0.305. The molecule has 1 amide bonds. The summed E-state index contributed by atoms with van der Waals surface area (Å²) in [7, 11) is 0. The molecule has 34 heavy (non-hydrogen) atoms. The van der Waals surface area contributed by atoms with E-state index in [2.05, 4.69) is 35.9 Å². The summed E-state index contributed by atoms with van der Waals surface area (Å²) in [6.07, 6.45) is 3.07. The average molecular weight is 473 g/mol. The molecule has 4 N–H and O–H groups in total. The van der Waals surface area contributed by atoms with Crippen molar-refractivity contribution >= 4 is 34.4 Å². The zero-order valence-corrected chi connectivity index (χ0v) is 18.0. The number of hydrogen-bond donors (Lipinski definition) is 4. The Kier molecular flexibility index (Phi) is 5.58. The van der Waals surface area contributed by atoms with E-state index in [4.69, 9.17) is 0 Å². The van der Waals surface area contributed by atoms with Crippen molar-refractivity contribution in [1.82, 2.24) is 25.3 Å². The molecule has 1 saturated carbocycles. The van der Waals surface area contributed by atoms with Crippen molar-refractivity contribution in [3.63, 3.8) is 0 Å². The second-order valence-electron chi connectivity index (χ2n) is 8.64. The number of nitrogens with zero attached hydrogens (tertiary/aromatic N) is 3. The van der Waals surface area contributed by atoms with Gasteiger partial charge in [-0.25, -0.2) is 23.7 Å². The van der Waals surface area contributed by atoms with E-state index in [1.54, 1.807) is 0 Å². The molecule has 1 atom stereocenters. The summed E-state index contributed by atoms with van der Waals surface area (Å²) in [6, 6.07) is 2.35. The van der Waals surface area contributed by atoms with Gasteiger partial charge in [0, 0.05) is 38.0 Å². The molecular formula is C22H22F3N7O2. The van der Waals surface area contributed by atoms with Gasteiger partial charge in [0.1, 0.15) is 23.6 Å². The number of pyridine rings is 1. The maximum absolute atomic E-state index is 14.8. The summed E-state index contributed by atoms with van der Waals surface area (Å²) < 4.78 is 41.6. The van der Waals surface area contributed by atoms with Crippen LogP contribution in [0.3, 0.4) is 0 Å². The largest absolute Gasteiger partial charge is 0.367 e. The highest BCUT2D eigenvalue weighted by Crippen LogP contribution is 2.34. The highest BCUT2D eigenvalue weighted by atomic mass is 19.3. The van der Waals surface area contributed by atoms with Crippen LogP contribution in [0.25, 0.3) is 11.0 Å². The summed E-state index contributed by atoms with van der Waals surface area (Å²) in [5, 5.41) is 9.23. The number of aromatic nitrogens is 4. The van der Waals surface area contributed by atoms with Gasteiger partial charge in [0.05, 0.1) is 22.6 Å². The predicted molar refractivity (Wildman–Crippen MR) is 117 cm³/mol. The Morgan fingerprint density at radius 1 is 1.09 bits per heavy atom. The molecule has 2 aliphatic rings. The quantitative estimate of drug-likeness (QED) is 0.320. The zero-order valence-electron chi connectivity index (χ0n) is 18.0. The van der Waals surface area contributed by atoms with Crippen LogP contribution in [-0.2, 0) is 4.79 Å². The van der Waals surface area contributed by atoms with E-state index in [-0.39, 0.29) is 67.0 Å². The fourth-order valence-corrected chi connectivity index (χ4v) is 4.37. The lowest BCUT2D eigenvalue weighted by molar-refractivity contribution is -0.119. The van der Waals surface area contributed by atoms with Gasteiger partial charge in [-0.2, -0.15) is 4.39 Å². The van der Waals surface area contributed by atoms with Gasteiger partial charge in [-0.15, -0.1) is 0 Å². The number of H-pyrrole nitrogens is 1. The van der Waals surface area contributed by atoms with E-state index in [1.807, 2.05) is 0 Å². The van der Waals surface area contributed by atoms with E-state index < -0.39 is 17.7 Å². The molecule has 0 spiro atoms. The molecule has 3 aromatic heterocycles. The highest BCUT2D eigenvalue weighted by Gasteiger charge is 2.35. The fourth-order valence-electron chi connectivity index (χ4n) is 4.37. The van der Waals surface area contributed by atoms with Crippen LogP contribution < -0.4 is 16.0 Å². The Morgan fingerprint density at radius 2 is 1.88 bits per heavy atom. The van der Waals surface area contributed by atoms with E-state index in [0.29, 0.717) is 23.4 Å². The molecule has 4 heterocycles. The first-order chi connectivity index (χ1) is 16.3. The molecular weight excluding hydrogens is 451 g/mol. The van der Waals surface area contributed by atoms with E-state index in [1.165, 1.54) is 24.7 Å². The molecule has 0 radical (unpaired) electrons. The standard InChI is InChI=1S/C22H22F3N7O2/c23-19-13(1-2-15(32-19)30-11-3-5-22(24,25)6-4-11)18(34)14-9-27-20-17(14)21(29-10-28-20)31-12-7-16(33)26-8-12/h1-2,9-12H,3-8H2,(H,26,33)(H,30,32)(H2,27,28,29,31). The van der Waals surface area contributed by atoms with Crippen LogP contribution in [-0.4, -0.2) is 56.2 Å². The molecule has 0 bridgehead atoms. The lowest BCUT2D eigenvalue weighted by Crippen LogP contribution is -2.32. The van der Waals surface area contributed by atoms with Crippen LogP contribution >= 0.6 is 0 Å². The van der Waals surface area contributed by atoms with Gasteiger partial charge in [0.25, 0.3) is 0 Å². The molecule has 1 unspecified atom stereocenters. The third kappa shape index (κ3) is 4.39. The van der Waals surface area contributed by atoms with Crippen molar-refractivity contribution < 1.29 is 22.8 Å². The molecule has 5 rings (SSSR count). The predicted octanol–water partition coefficient (Wildman–Crippen LogP) is 3.01. The molecule has 0 aromatic carbocycles. The van der Waals surface area contributed by atoms with Crippen LogP contribution in [0.1, 0.15) is 48.0 Å². The molecule has 9 nitrogen and oxygen atoms in total. The molecule has 178 valence electrons. The van der Waals surface area contributed by atoms with Crippen LogP contribution in [0.5, 0.6) is 0 Å². The van der Waals surface area contributed by atoms with Crippen LogP contribution in [0.15, 0.2) is 24.7 Å². The van der Waals surface area contributed by atoms with E-state index in [9.17, 15) is 22.8 Å². The van der Waals surface area contributed by atoms with Crippen LogP contribution in [0.4, 0.5) is 24.8 Å². The second-order valence-corrected chi connectivity index (χ2v) is 8.64. The maximum atomic E-state index is 14.8. The van der Waals surface area contributed by atoms with Gasteiger partial charge >= 0.3 is 0 Å². The van der Waals surface area contributed by atoms with Crippen molar-refractivity contribution in [1.29, 1.82) is 0 Å². The van der Waals surface area contributed by atoms with Gasteiger partial charge in [0.2, 0.25) is 17.8 Å². The third-order valence-corrected chi connectivity index (χ3v) is 6.20. The number of hydrogen-bond acceptors (Lipinski definition) is 7. The Bertz CT molecular complexity index is 1250. The van der Waals surface area contributed by atoms with E-state index >= 15 is 0 Å². The number of ketones is 1. The number of alkyl halides is 2. The fraction of sp³-hybridized carbons (Fsp3) is 0.409. The Morgan fingerprint density at radius 3 is 2.59 bits per heavy atom. The van der Waals surface area contributed by atoms with Crippen molar-refractivity contribution in [3.8, 4) is 0 Å². The SMILES string of the molecule is O=C1CC(Nc2ncnc3[nH]cc(C(=O)c4ccc(NC5CCC(F)(F)CC5)nc4F)c23)CN1. The van der Waals surface area contributed by atoms with Crippen LogP contribution in [0.2, 0.25) is 0 Å². The number of carbonyl (C=O) groups is 2. The smallest absolute Gasteiger partial charge is 0.248 e. The molecule has 1 aliphatic carbocycles. The number of nitrogens with one attached hydrogen (secondary N) is 4. The first kappa shape index (κ1) is 22.1. The van der Waals surface area contributed by atoms with Crippen LogP contribution in [0, 0.1) is 5.95 Å². The van der Waals surface area contributed by atoms with Gasteiger partial charge in [-0.3, -0.25) is 9.59 Å². The minimum Gasteiger partial charge on any atom is -0.367 e. The first-order valence-electron chi connectivity index (χ1n) is 11.0. The number of carbonyl (C=O) groups excluding carboxylic acids is 2. The molecule has 12 heteroatoms. The van der Waals surface area contributed by atoms with Crippen molar-refractivity contribution in [2.45, 2.75) is 50.1 Å². The average Bonchev–Trinajstić information content (AvgIpc) is 3.41. The summed E-state index contributed by atoms with van der Waals surface area (Å²) >= 11 is 0. The normalized spacial score (nSPS) is 20.3. The topological polar surface area (TPSA) is 125 Å². The second kappa shape index (κ2) is 8.58. The van der Waals surface area contributed by atoms with Gasteiger partial charge in [0.15, 0.2) is 5.78 Å². The van der Waals surface area contributed by atoms with E-state index in [0.717, 1.165) is 0 Å². The molecule has 3 aromatic rings. The number of aromatic amines is 1. The summed E-state index contributed by atoms with van der Waals surface area (Å²) in [5.74, 6) is -3.78. The van der Waals surface area contributed by atoms with Crippen molar-refractivity contribution in [3.05, 3.63) is 41.7 Å². The number of fused-ring (bicyclic) bond motifs is 1. The third-order valence-electron chi connectivity index (χ3n) is 6.20. The number of anilines is 2. The maximum Gasteiger partial charge on any atom is 0.248 e. The summed E-state index contributed by atoms with van der Waals surface area (Å²) in [6.45, 7) is 0.420. The van der Waals surface area contributed by atoms with Crippen molar-refractivity contribution in [2.75, 3.05) is 17.2 Å². The highest BCUT2D eigenvalue weighted by molar-refractivity contribution is 6.18. The van der Waals surface area contributed by atoms with Gasteiger partial charge in [-0.1, -0.05) is 0 Å². The Labute approximate surface area is 192 Å². The number of rotatable bonds is 6. The summed E-state index contributed by atoms with van der Waals surface area (Å²) in [4.78, 5) is 39.8. The Hall–Kier alpha value is -3.70. The lowest BCUT2D eigenvalue weighted by atomic mass is 9.92.